The Labute approximate surface area is 125 Å². The van der Waals surface area contributed by atoms with E-state index in [9.17, 15) is 4.79 Å². The molecule has 0 spiro atoms. The highest BCUT2D eigenvalue weighted by Crippen LogP contribution is 2.30. The fourth-order valence-electron chi connectivity index (χ4n) is 2.46. The van der Waals surface area contributed by atoms with Crippen LogP contribution in [-0.2, 0) is 14.3 Å². The van der Waals surface area contributed by atoms with Crippen LogP contribution in [-0.4, -0.2) is 25.8 Å². The smallest absolute Gasteiger partial charge is 0.335 e. The van der Waals surface area contributed by atoms with E-state index in [-0.39, 0.29) is 11.9 Å². The minimum Gasteiger partial charge on any atom is -0.467 e. The quantitative estimate of drug-likeness (QED) is 0.763. The lowest BCUT2D eigenvalue weighted by Gasteiger charge is -2.26. The van der Waals surface area contributed by atoms with Gasteiger partial charge >= 0.3 is 5.97 Å². The molecule has 1 unspecified atom stereocenters. The normalized spacial score (nSPS) is 12.1. The van der Waals surface area contributed by atoms with Crippen LogP contribution in [0.5, 0.6) is 0 Å². The SMILES string of the molecule is CCOC(C(=O)OC)C(c1ccccc1)c1ccccc1. The first-order valence-corrected chi connectivity index (χ1v) is 7.07. The van der Waals surface area contributed by atoms with Gasteiger partial charge in [0.1, 0.15) is 0 Å². The number of hydrogen-bond acceptors (Lipinski definition) is 3. The van der Waals surface area contributed by atoms with Gasteiger partial charge < -0.3 is 9.47 Å². The zero-order valence-corrected chi connectivity index (χ0v) is 12.4. The van der Waals surface area contributed by atoms with E-state index in [1.54, 1.807) is 0 Å². The molecule has 0 amide bonds. The van der Waals surface area contributed by atoms with Gasteiger partial charge in [0, 0.05) is 12.5 Å². The van der Waals surface area contributed by atoms with E-state index in [1.807, 2.05) is 67.6 Å². The summed E-state index contributed by atoms with van der Waals surface area (Å²) in [6, 6.07) is 19.8. The van der Waals surface area contributed by atoms with Gasteiger partial charge in [-0.05, 0) is 18.1 Å². The van der Waals surface area contributed by atoms with Crippen molar-refractivity contribution in [3.63, 3.8) is 0 Å². The Bertz CT molecular complexity index is 512. The third-order valence-electron chi connectivity index (χ3n) is 3.40. The van der Waals surface area contributed by atoms with Crippen molar-refractivity contribution in [2.24, 2.45) is 0 Å². The Balaban J connectivity index is 2.46. The zero-order valence-electron chi connectivity index (χ0n) is 12.4. The average Bonchev–Trinajstić information content (AvgIpc) is 2.55. The van der Waals surface area contributed by atoms with Crippen molar-refractivity contribution in [3.05, 3.63) is 71.8 Å². The van der Waals surface area contributed by atoms with Crippen LogP contribution in [0, 0.1) is 0 Å². The highest BCUT2D eigenvalue weighted by atomic mass is 16.6. The summed E-state index contributed by atoms with van der Waals surface area (Å²) in [5, 5.41) is 0. The Kier molecular flexibility index (Phi) is 5.52. The van der Waals surface area contributed by atoms with Gasteiger partial charge in [-0.15, -0.1) is 0 Å². The molecule has 2 aromatic rings. The summed E-state index contributed by atoms with van der Waals surface area (Å²) in [6.07, 6.45) is -0.648. The molecule has 2 rings (SSSR count). The molecule has 0 radical (unpaired) electrons. The molecule has 0 N–H and O–H groups in total. The molecule has 0 fully saturated rings. The van der Waals surface area contributed by atoms with E-state index in [4.69, 9.17) is 9.47 Å². The molecule has 0 aliphatic heterocycles. The molecule has 0 aliphatic rings. The second-order valence-corrected chi connectivity index (χ2v) is 4.70. The van der Waals surface area contributed by atoms with E-state index < -0.39 is 6.10 Å². The van der Waals surface area contributed by atoms with Gasteiger partial charge in [-0.2, -0.15) is 0 Å². The van der Waals surface area contributed by atoms with Crippen molar-refractivity contribution in [2.75, 3.05) is 13.7 Å². The lowest BCUT2D eigenvalue weighted by Crippen LogP contribution is -2.33. The molecule has 0 bridgehead atoms. The van der Waals surface area contributed by atoms with Crippen molar-refractivity contribution in [2.45, 2.75) is 18.9 Å². The number of benzene rings is 2. The standard InChI is InChI=1S/C18H20O3/c1-3-21-17(18(19)20-2)16(14-10-6-4-7-11-14)15-12-8-5-9-13-15/h4-13,16-17H,3H2,1-2H3. The van der Waals surface area contributed by atoms with E-state index in [0.717, 1.165) is 11.1 Å². The maximum atomic E-state index is 12.1. The van der Waals surface area contributed by atoms with Gasteiger partial charge in [-0.3, -0.25) is 0 Å². The number of carbonyl (C=O) groups excluding carboxylic acids is 1. The first-order chi connectivity index (χ1) is 10.3. The lowest BCUT2D eigenvalue weighted by atomic mass is 9.86. The van der Waals surface area contributed by atoms with Crippen molar-refractivity contribution in [3.8, 4) is 0 Å². The number of esters is 1. The largest absolute Gasteiger partial charge is 0.467 e. The third kappa shape index (κ3) is 3.70. The van der Waals surface area contributed by atoms with Crippen molar-refractivity contribution < 1.29 is 14.3 Å². The summed E-state index contributed by atoms with van der Waals surface area (Å²) in [6.45, 7) is 2.33. The van der Waals surface area contributed by atoms with Crippen LogP contribution in [0.15, 0.2) is 60.7 Å². The predicted molar refractivity (Wildman–Crippen MR) is 82.2 cm³/mol. The van der Waals surface area contributed by atoms with Crippen LogP contribution in [0.25, 0.3) is 0 Å². The van der Waals surface area contributed by atoms with Crippen LogP contribution in [0.2, 0.25) is 0 Å². The summed E-state index contributed by atoms with van der Waals surface area (Å²) in [4.78, 5) is 12.1. The topological polar surface area (TPSA) is 35.5 Å². The molecule has 3 heteroatoms. The first kappa shape index (κ1) is 15.3. The highest BCUT2D eigenvalue weighted by molar-refractivity contribution is 5.77. The van der Waals surface area contributed by atoms with Gasteiger partial charge in [0.15, 0.2) is 6.10 Å². The number of methoxy groups -OCH3 is 1. The van der Waals surface area contributed by atoms with Crippen LogP contribution < -0.4 is 0 Å². The minimum absolute atomic E-state index is 0.181. The Morgan fingerprint density at radius 2 is 1.43 bits per heavy atom. The molecular weight excluding hydrogens is 264 g/mol. The number of hydrogen-bond donors (Lipinski definition) is 0. The fourth-order valence-corrected chi connectivity index (χ4v) is 2.46. The minimum atomic E-state index is -0.648. The number of rotatable bonds is 6. The van der Waals surface area contributed by atoms with Gasteiger partial charge in [0.05, 0.1) is 7.11 Å². The van der Waals surface area contributed by atoms with Gasteiger partial charge in [0.25, 0.3) is 0 Å². The predicted octanol–water partition coefficient (Wildman–Crippen LogP) is 3.40. The van der Waals surface area contributed by atoms with E-state index in [0.29, 0.717) is 6.61 Å². The third-order valence-corrected chi connectivity index (χ3v) is 3.40. The molecule has 110 valence electrons. The fraction of sp³-hybridized carbons (Fsp3) is 0.278. The van der Waals surface area contributed by atoms with E-state index >= 15 is 0 Å². The first-order valence-electron chi connectivity index (χ1n) is 7.07. The Morgan fingerprint density at radius 1 is 0.952 bits per heavy atom. The summed E-state index contributed by atoms with van der Waals surface area (Å²) in [5.74, 6) is -0.533. The monoisotopic (exact) mass is 284 g/mol. The van der Waals surface area contributed by atoms with E-state index in [2.05, 4.69) is 0 Å². The van der Waals surface area contributed by atoms with E-state index in [1.165, 1.54) is 7.11 Å². The summed E-state index contributed by atoms with van der Waals surface area (Å²) >= 11 is 0. The molecular formula is C18H20O3. The zero-order chi connectivity index (χ0) is 15.1. The maximum absolute atomic E-state index is 12.1. The average molecular weight is 284 g/mol. The van der Waals surface area contributed by atoms with Gasteiger partial charge in [-0.25, -0.2) is 4.79 Å². The molecule has 0 saturated carbocycles. The second-order valence-electron chi connectivity index (χ2n) is 4.70. The maximum Gasteiger partial charge on any atom is 0.335 e. The van der Waals surface area contributed by atoms with Crippen LogP contribution in [0.1, 0.15) is 24.0 Å². The van der Waals surface area contributed by atoms with Crippen molar-refractivity contribution in [1.29, 1.82) is 0 Å². The van der Waals surface area contributed by atoms with Crippen LogP contribution >= 0.6 is 0 Å². The summed E-state index contributed by atoms with van der Waals surface area (Å²) < 4.78 is 10.6. The molecule has 0 saturated heterocycles. The van der Waals surface area contributed by atoms with Crippen molar-refractivity contribution >= 4 is 5.97 Å². The lowest BCUT2D eigenvalue weighted by molar-refractivity contribution is -0.154. The Morgan fingerprint density at radius 3 is 1.81 bits per heavy atom. The van der Waals surface area contributed by atoms with Crippen molar-refractivity contribution in [1.82, 2.24) is 0 Å². The van der Waals surface area contributed by atoms with Gasteiger partial charge in [-0.1, -0.05) is 60.7 Å². The number of ether oxygens (including phenoxy) is 2. The molecule has 0 aliphatic carbocycles. The molecule has 0 heterocycles. The highest BCUT2D eigenvalue weighted by Gasteiger charge is 2.32. The molecule has 1 atom stereocenters. The molecule has 2 aromatic carbocycles. The number of carbonyl (C=O) groups is 1. The summed E-state index contributed by atoms with van der Waals surface area (Å²) in [5.41, 5.74) is 2.07. The second kappa shape index (κ2) is 7.60. The van der Waals surface area contributed by atoms with Gasteiger partial charge in [0.2, 0.25) is 0 Å². The van der Waals surface area contributed by atoms with Crippen LogP contribution in [0.3, 0.4) is 0 Å². The molecule has 3 nitrogen and oxygen atoms in total. The Hall–Kier alpha value is -2.13. The molecule has 21 heavy (non-hydrogen) atoms. The molecule has 0 aromatic heterocycles. The summed E-state index contributed by atoms with van der Waals surface area (Å²) in [7, 11) is 1.39. The van der Waals surface area contributed by atoms with Crippen LogP contribution in [0.4, 0.5) is 0 Å².